The van der Waals surface area contributed by atoms with Crippen LogP contribution < -0.4 is 0 Å². The van der Waals surface area contributed by atoms with Crippen LogP contribution >= 0.6 is 11.8 Å². The molecule has 1 saturated heterocycles. The van der Waals surface area contributed by atoms with Crippen molar-refractivity contribution in [1.82, 2.24) is 4.90 Å². The van der Waals surface area contributed by atoms with Gasteiger partial charge in [-0.2, -0.15) is 11.8 Å². The van der Waals surface area contributed by atoms with Crippen molar-refractivity contribution in [2.24, 2.45) is 0 Å². The van der Waals surface area contributed by atoms with Gasteiger partial charge in [-0.25, -0.2) is 4.79 Å². The predicted molar refractivity (Wildman–Crippen MR) is 72.3 cm³/mol. The summed E-state index contributed by atoms with van der Waals surface area (Å²) in [5.74, 6) is -0.000790. The van der Waals surface area contributed by atoms with Crippen molar-refractivity contribution in [2.45, 2.75) is 12.5 Å². The Hall–Kier alpha value is -1.69. The average molecular weight is 281 g/mol. The number of benzene rings is 1. The zero-order valence-corrected chi connectivity index (χ0v) is 11.1. The monoisotopic (exact) mass is 281 g/mol. The maximum Gasteiger partial charge on any atom is 0.327 e. The highest BCUT2D eigenvalue weighted by atomic mass is 32.2. The summed E-state index contributed by atoms with van der Waals surface area (Å²) >= 11 is 1.54. The normalized spacial score (nSPS) is 19.2. The second-order valence-corrected chi connectivity index (χ2v) is 5.47. The first-order valence-electron chi connectivity index (χ1n) is 5.96. The number of carbonyl (C=O) groups is 2. The van der Waals surface area contributed by atoms with Crippen molar-refractivity contribution in [3.05, 3.63) is 29.8 Å². The molecular formula is C13H15NO4S. The third-order valence-corrected chi connectivity index (χ3v) is 4.09. The molecule has 1 aromatic rings. The lowest BCUT2D eigenvalue weighted by atomic mass is 10.1. The van der Waals surface area contributed by atoms with Crippen molar-refractivity contribution < 1.29 is 19.8 Å². The Balaban J connectivity index is 2.10. The molecule has 1 aromatic carbocycles. The Labute approximate surface area is 115 Å². The Bertz CT molecular complexity index is 491. The Kier molecular flexibility index (Phi) is 4.31. The van der Waals surface area contributed by atoms with E-state index in [4.69, 9.17) is 5.11 Å². The smallest absolute Gasteiger partial charge is 0.327 e. The molecular weight excluding hydrogens is 266 g/mol. The molecule has 2 N–H and O–H groups in total. The summed E-state index contributed by atoms with van der Waals surface area (Å²) in [6, 6.07) is 5.84. The standard InChI is InChI=1S/C13H15NO4S/c15-11-4-2-1-3-9(11)7-12(16)14-5-6-19-8-10(14)13(17)18/h1-4,10,15H,5-8H2,(H,17,18). The molecule has 19 heavy (non-hydrogen) atoms. The summed E-state index contributed by atoms with van der Waals surface area (Å²) in [4.78, 5) is 24.7. The van der Waals surface area contributed by atoms with E-state index < -0.39 is 12.0 Å². The van der Waals surface area contributed by atoms with Crippen LogP contribution in [0.4, 0.5) is 0 Å². The molecule has 1 aliphatic heterocycles. The number of thioether (sulfide) groups is 1. The first-order valence-corrected chi connectivity index (χ1v) is 7.12. The molecule has 0 aliphatic carbocycles. The number of aliphatic carboxylic acids is 1. The largest absolute Gasteiger partial charge is 0.508 e. The van der Waals surface area contributed by atoms with Crippen molar-refractivity contribution in [1.29, 1.82) is 0 Å². The predicted octanol–water partition coefficient (Wildman–Crippen LogP) is 0.963. The van der Waals surface area contributed by atoms with Crippen LogP contribution in [-0.2, 0) is 16.0 Å². The second-order valence-electron chi connectivity index (χ2n) is 4.32. The van der Waals surface area contributed by atoms with Crippen LogP contribution in [-0.4, -0.2) is 51.1 Å². The molecule has 6 heteroatoms. The van der Waals surface area contributed by atoms with Gasteiger partial charge in [0.25, 0.3) is 0 Å². The van der Waals surface area contributed by atoms with E-state index in [1.165, 1.54) is 22.7 Å². The molecule has 1 heterocycles. The van der Waals surface area contributed by atoms with Crippen molar-refractivity contribution in [2.75, 3.05) is 18.1 Å². The second kappa shape index (κ2) is 5.97. The van der Waals surface area contributed by atoms with E-state index in [-0.39, 0.29) is 18.1 Å². The van der Waals surface area contributed by atoms with Gasteiger partial charge < -0.3 is 15.1 Å². The molecule has 2 rings (SSSR count). The van der Waals surface area contributed by atoms with Crippen LogP contribution in [0.25, 0.3) is 0 Å². The molecule has 0 aromatic heterocycles. The van der Waals surface area contributed by atoms with Crippen LogP contribution in [0.1, 0.15) is 5.56 Å². The quantitative estimate of drug-likeness (QED) is 0.863. The van der Waals surface area contributed by atoms with Gasteiger partial charge in [-0.15, -0.1) is 0 Å². The van der Waals surface area contributed by atoms with Gasteiger partial charge in [0.2, 0.25) is 5.91 Å². The van der Waals surface area contributed by atoms with Crippen molar-refractivity contribution in [3.8, 4) is 5.75 Å². The minimum absolute atomic E-state index is 0.0289. The van der Waals surface area contributed by atoms with Crippen molar-refractivity contribution in [3.63, 3.8) is 0 Å². The van der Waals surface area contributed by atoms with Crippen LogP contribution in [0.15, 0.2) is 24.3 Å². The SMILES string of the molecule is O=C(O)C1CSCCN1C(=O)Cc1ccccc1O. The first kappa shape index (κ1) is 13.7. The number of aromatic hydroxyl groups is 1. The summed E-state index contributed by atoms with van der Waals surface area (Å²) in [5.41, 5.74) is 0.523. The van der Waals surface area contributed by atoms with E-state index in [1.807, 2.05) is 0 Å². The molecule has 1 unspecified atom stereocenters. The van der Waals surface area contributed by atoms with Crippen LogP contribution in [0.5, 0.6) is 5.75 Å². The highest BCUT2D eigenvalue weighted by Crippen LogP contribution is 2.21. The lowest BCUT2D eigenvalue weighted by Gasteiger charge is -2.32. The molecule has 5 nitrogen and oxygen atoms in total. The van der Waals surface area contributed by atoms with Gasteiger partial charge in [0.05, 0.1) is 6.42 Å². The number of rotatable bonds is 3. The van der Waals surface area contributed by atoms with Gasteiger partial charge in [0, 0.05) is 23.6 Å². The topological polar surface area (TPSA) is 77.8 Å². The van der Waals surface area contributed by atoms with Gasteiger partial charge in [-0.1, -0.05) is 18.2 Å². The third-order valence-electron chi connectivity index (χ3n) is 3.07. The Morgan fingerprint density at radius 3 is 2.79 bits per heavy atom. The zero-order valence-electron chi connectivity index (χ0n) is 10.3. The maximum atomic E-state index is 12.2. The zero-order chi connectivity index (χ0) is 13.8. The van der Waals surface area contributed by atoms with E-state index in [0.29, 0.717) is 17.9 Å². The number of para-hydroxylation sites is 1. The van der Waals surface area contributed by atoms with Crippen LogP contribution in [0.3, 0.4) is 0 Å². The summed E-state index contributed by atoms with van der Waals surface area (Å²) in [6.07, 6.45) is 0.0289. The van der Waals surface area contributed by atoms with E-state index in [9.17, 15) is 14.7 Å². The summed E-state index contributed by atoms with van der Waals surface area (Å²) in [5, 5.41) is 18.8. The van der Waals surface area contributed by atoms with Crippen LogP contribution in [0.2, 0.25) is 0 Å². The lowest BCUT2D eigenvalue weighted by Crippen LogP contribution is -2.50. The number of carboxylic acids is 1. The van der Waals surface area contributed by atoms with Crippen LogP contribution in [0, 0.1) is 0 Å². The lowest BCUT2D eigenvalue weighted by molar-refractivity contribution is -0.148. The van der Waals surface area contributed by atoms with E-state index in [0.717, 1.165) is 5.75 Å². The number of nitrogens with zero attached hydrogens (tertiary/aromatic N) is 1. The number of hydrogen-bond acceptors (Lipinski definition) is 4. The van der Waals surface area contributed by atoms with Gasteiger partial charge in [-0.05, 0) is 6.07 Å². The van der Waals surface area contributed by atoms with Crippen molar-refractivity contribution >= 4 is 23.6 Å². The maximum absolute atomic E-state index is 12.2. The average Bonchev–Trinajstić information content (AvgIpc) is 2.41. The fraction of sp³-hybridized carbons (Fsp3) is 0.385. The number of hydrogen-bond donors (Lipinski definition) is 2. The molecule has 1 fully saturated rings. The van der Waals surface area contributed by atoms with E-state index >= 15 is 0 Å². The number of carboxylic acid groups (broad SMARTS) is 1. The number of amides is 1. The van der Waals surface area contributed by atoms with Gasteiger partial charge >= 0.3 is 5.97 Å². The minimum Gasteiger partial charge on any atom is -0.508 e. The molecule has 0 bridgehead atoms. The van der Waals surface area contributed by atoms with E-state index in [2.05, 4.69) is 0 Å². The first-order chi connectivity index (χ1) is 9.09. The van der Waals surface area contributed by atoms with Gasteiger partial charge in [0.15, 0.2) is 0 Å². The third kappa shape index (κ3) is 3.20. The summed E-state index contributed by atoms with van der Waals surface area (Å²) in [6.45, 7) is 0.439. The molecule has 0 spiro atoms. The molecule has 1 amide bonds. The number of phenolic OH excluding ortho intramolecular Hbond substituents is 1. The highest BCUT2D eigenvalue weighted by molar-refractivity contribution is 7.99. The fourth-order valence-electron chi connectivity index (χ4n) is 2.03. The summed E-state index contributed by atoms with van der Waals surface area (Å²) in [7, 11) is 0. The molecule has 102 valence electrons. The van der Waals surface area contributed by atoms with E-state index in [1.54, 1.807) is 18.2 Å². The Morgan fingerprint density at radius 1 is 1.37 bits per heavy atom. The molecule has 0 radical (unpaired) electrons. The molecule has 1 atom stereocenters. The molecule has 0 saturated carbocycles. The summed E-state index contributed by atoms with van der Waals surface area (Å²) < 4.78 is 0. The fourth-order valence-corrected chi connectivity index (χ4v) is 3.07. The minimum atomic E-state index is -0.974. The highest BCUT2D eigenvalue weighted by Gasteiger charge is 2.32. The van der Waals surface area contributed by atoms with Gasteiger partial charge in [0.1, 0.15) is 11.8 Å². The number of phenols is 1. The number of carbonyl (C=O) groups excluding carboxylic acids is 1. The molecule has 1 aliphatic rings. The van der Waals surface area contributed by atoms with Gasteiger partial charge in [-0.3, -0.25) is 4.79 Å². The Morgan fingerprint density at radius 2 is 2.11 bits per heavy atom.